The first kappa shape index (κ1) is 19.6. The zero-order chi connectivity index (χ0) is 18.6. The molecule has 2 atom stereocenters. The first-order valence-corrected chi connectivity index (χ1v) is 9.81. The van der Waals surface area contributed by atoms with E-state index in [1.165, 1.54) is 19.1 Å². The Hall–Kier alpha value is -1.77. The van der Waals surface area contributed by atoms with E-state index in [2.05, 4.69) is 26.0 Å². The lowest BCUT2D eigenvalue weighted by molar-refractivity contribution is -0.123. The summed E-state index contributed by atoms with van der Waals surface area (Å²) in [6, 6.07) is 11.0. The molecule has 0 spiro atoms. The topological polar surface area (TPSA) is 75.3 Å². The molecule has 0 saturated carbocycles. The largest absolute Gasteiger partial charge is 0.348 e. The van der Waals surface area contributed by atoms with Gasteiger partial charge in [-0.15, -0.1) is 0 Å². The van der Waals surface area contributed by atoms with Gasteiger partial charge in [-0.25, -0.2) is 12.8 Å². The third-order valence-corrected chi connectivity index (χ3v) is 5.68. The van der Waals surface area contributed by atoms with Crippen molar-refractivity contribution in [1.82, 2.24) is 10.0 Å². The van der Waals surface area contributed by atoms with E-state index in [-0.39, 0.29) is 6.04 Å². The highest BCUT2D eigenvalue weighted by molar-refractivity contribution is 9.10. The third kappa shape index (κ3) is 5.10. The van der Waals surface area contributed by atoms with Gasteiger partial charge in [0.15, 0.2) is 0 Å². The summed E-state index contributed by atoms with van der Waals surface area (Å²) in [6.07, 6.45) is 0. The minimum absolute atomic E-state index is 0.305. The van der Waals surface area contributed by atoms with E-state index in [1.54, 1.807) is 6.92 Å². The number of benzene rings is 2. The number of carbonyl (C=O) groups excluding carboxylic acids is 1. The Morgan fingerprint density at radius 2 is 1.68 bits per heavy atom. The van der Waals surface area contributed by atoms with Crippen LogP contribution in [0.25, 0.3) is 0 Å². The maximum atomic E-state index is 13.7. The van der Waals surface area contributed by atoms with E-state index in [4.69, 9.17) is 0 Å². The molecular weight excluding hydrogens is 411 g/mol. The van der Waals surface area contributed by atoms with Crippen molar-refractivity contribution in [2.75, 3.05) is 0 Å². The number of carbonyl (C=O) groups is 1. The molecule has 5 nitrogen and oxygen atoms in total. The lowest BCUT2D eigenvalue weighted by atomic mass is 10.1. The van der Waals surface area contributed by atoms with Gasteiger partial charge in [-0.3, -0.25) is 4.79 Å². The number of rotatable bonds is 6. The van der Waals surface area contributed by atoms with Crippen molar-refractivity contribution in [3.63, 3.8) is 0 Å². The van der Waals surface area contributed by atoms with Crippen LogP contribution < -0.4 is 10.0 Å². The second-order valence-electron chi connectivity index (χ2n) is 5.56. The Morgan fingerprint density at radius 3 is 2.28 bits per heavy atom. The molecule has 0 aliphatic heterocycles. The Kier molecular flexibility index (Phi) is 6.31. The van der Waals surface area contributed by atoms with Gasteiger partial charge in [-0.1, -0.05) is 40.2 Å². The zero-order valence-electron chi connectivity index (χ0n) is 13.7. The zero-order valence-corrected chi connectivity index (χ0v) is 16.1. The molecule has 2 aromatic rings. The summed E-state index contributed by atoms with van der Waals surface area (Å²) in [5.74, 6) is -1.37. The maximum Gasteiger partial charge on any atom is 0.244 e. The Balaban J connectivity index is 2.05. The minimum atomic E-state index is -4.13. The quantitative estimate of drug-likeness (QED) is 0.741. The Labute approximate surface area is 154 Å². The van der Waals surface area contributed by atoms with Crippen molar-refractivity contribution in [1.29, 1.82) is 0 Å². The lowest BCUT2D eigenvalue weighted by Crippen LogP contribution is -2.45. The van der Waals surface area contributed by atoms with Gasteiger partial charge < -0.3 is 5.32 Å². The molecule has 0 saturated heterocycles. The van der Waals surface area contributed by atoms with Crippen molar-refractivity contribution in [2.24, 2.45) is 0 Å². The standard InChI is InChI=1S/C17H18BrFN2O3S/c1-11(13-7-9-14(18)10-8-13)20-17(22)12(2)21-25(23,24)16-6-4-3-5-15(16)19/h3-12,21H,1-2H3,(H,20,22)/t11?,12-/m0/s1. The molecule has 8 heteroatoms. The van der Waals surface area contributed by atoms with Gasteiger partial charge >= 0.3 is 0 Å². The first-order valence-electron chi connectivity index (χ1n) is 7.53. The van der Waals surface area contributed by atoms with Crippen molar-refractivity contribution >= 4 is 31.9 Å². The van der Waals surface area contributed by atoms with Crippen molar-refractivity contribution in [3.05, 3.63) is 64.4 Å². The highest BCUT2D eigenvalue weighted by Crippen LogP contribution is 2.17. The number of nitrogens with one attached hydrogen (secondary N) is 2. The van der Waals surface area contributed by atoms with Crippen molar-refractivity contribution < 1.29 is 17.6 Å². The summed E-state index contributed by atoms with van der Waals surface area (Å²) in [4.78, 5) is 11.8. The summed E-state index contributed by atoms with van der Waals surface area (Å²) in [5.41, 5.74) is 0.876. The molecule has 2 N–H and O–H groups in total. The first-order chi connectivity index (χ1) is 11.7. The van der Waals surface area contributed by atoms with Gasteiger partial charge in [0.2, 0.25) is 15.9 Å². The summed E-state index contributed by atoms with van der Waals surface area (Å²) < 4.78 is 41.2. The molecule has 2 aromatic carbocycles. The fourth-order valence-electron chi connectivity index (χ4n) is 2.19. The molecule has 0 radical (unpaired) electrons. The molecule has 0 aliphatic rings. The van der Waals surface area contributed by atoms with E-state index in [0.29, 0.717) is 0 Å². The van der Waals surface area contributed by atoms with Crippen molar-refractivity contribution in [2.45, 2.75) is 30.8 Å². The van der Waals surface area contributed by atoms with Crippen LogP contribution >= 0.6 is 15.9 Å². The van der Waals surface area contributed by atoms with E-state index < -0.39 is 32.7 Å². The van der Waals surface area contributed by atoms with Crippen LogP contribution in [-0.4, -0.2) is 20.4 Å². The van der Waals surface area contributed by atoms with Crippen LogP contribution in [0.4, 0.5) is 4.39 Å². The molecular formula is C17H18BrFN2O3S. The van der Waals surface area contributed by atoms with Crippen LogP contribution in [0.2, 0.25) is 0 Å². The number of amides is 1. The van der Waals surface area contributed by atoms with Gasteiger partial charge in [-0.05, 0) is 43.7 Å². The molecule has 0 heterocycles. The second-order valence-corrected chi connectivity index (χ2v) is 8.15. The molecule has 134 valence electrons. The molecule has 25 heavy (non-hydrogen) atoms. The Morgan fingerprint density at radius 1 is 1.08 bits per heavy atom. The van der Waals surface area contributed by atoms with Crippen LogP contribution in [0.5, 0.6) is 0 Å². The number of halogens is 2. The molecule has 0 fully saturated rings. The van der Waals surface area contributed by atoms with Crippen LogP contribution in [0, 0.1) is 5.82 Å². The molecule has 2 rings (SSSR count). The van der Waals surface area contributed by atoms with Gasteiger partial charge in [-0.2, -0.15) is 4.72 Å². The van der Waals surface area contributed by atoms with Gasteiger partial charge in [0.25, 0.3) is 0 Å². The van der Waals surface area contributed by atoms with Crippen LogP contribution in [0.3, 0.4) is 0 Å². The normalized spacial score (nSPS) is 13.9. The van der Waals surface area contributed by atoms with Crippen LogP contribution in [0.15, 0.2) is 57.9 Å². The van der Waals surface area contributed by atoms with Gasteiger partial charge in [0, 0.05) is 4.47 Å². The summed E-state index contributed by atoms with van der Waals surface area (Å²) in [6.45, 7) is 3.20. The maximum absolute atomic E-state index is 13.7. The van der Waals surface area contributed by atoms with E-state index >= 15 is 0 Å². The molecule has 1 amide bonds. The summed E-state index contributed by atoms with van der Waals surface area (Å²) in [7, 11) is -4.13. The van der Waals surface area contributed by atoms with E-state index in [9.17, 15) is 17.6 Å². The monoisotopic (exact) mass is 428 g/mol. The van der Waals surface area contributed by atoms with Crippen LogP contribution in [0.1, 0.15) is 25.5 Å². The number of sulfonamides is 1. The average Bonchev–Trinajstić information content (AvgIpc) is 2.55. The highest BCUT2D eigenvalue weighted by Gasteiger charge is 2.25. The van der Waals surface area contributed by atoms with Crippen molar-refractivity contribution in [3.8, 4) is 0 Å². The summed E-state index contributed by atoms with van der Waals surface area (Å²) >= 11 is 3.33. The molecule has 0 aliphatic carbocycles. The third-order valence-electron chi connectivity index (χ3n) is 3.58. The average molecular weight is 429 g/mol. The van der Waals surface area contributed by atoms with Crippen LogP contribution in [-0.2, 0) is 14.8 Å². The lowest BCUT2D eigenvalue weighted by Gasteiger charge is -2.19. The SMILES string of the molecule is CC(NC(=O)[C@H](C)NS(=O)(=O)c1ccccc1F)c1ccc(Br)cc1. The van der Waals surface area contributed by atoms with Gasteiger partial charge in [0.1, 0.15) is 10.7 Å². The molecule has 1 unspecified atom stereocenters. The molecule has 0 bridgehead atoms. The minimum Gasteiger partial charge on any atom is -0.348 e. The van der Waals surface area contributed by atoms with E-state index in [1.807, 2.05) is 24.3 Å². The van der Waals surface area contributed by atoms with Gasteiger partial charge in [0.05, 0.1) is 12.1 Å². The number of hydrogen-bond acceptors (Lipinski definition) is 3. The van der Waals surface area contributed by atoms with E-state index in [0.717, 1.165) is 22.2 Å². The highest BCUT2D eigenvalue weighted by atomic mass is 79.9. The Bertz CT molecular complexity index is 856. The fraction of sp³-hybridized carbons (Fsp3) is 0.235. The predicted octanol–water partition coefficient (Wildman–Crippen LogP) is 3.13. The fourth-order valence-corrected chi connectivity index (χ4v) is 3.73. The number of hydrogen-bond donors (Lipinski definition) is 2. The second kappa shape index (κ2) is 8.07. The summed E-state index contributed by atoms with van der Waals surface area (Å²) in [5, 5.41) is 2.73. The predicted molar refractivity (Wildman–Crippen MR) is 96.9 cm³/mol. The molecule has 0 aromatic heterocycles. The smallest absolute Gasteiger partial charge is 0.244 e.